The molecule has 0 atom stereocenters. The summed E-state index contributed by atoms with van der Waals surface area (Å²) in [5.41, 5.74) is 1.79. The summed E-state index contributed by atoms with van der Waals surface area (Å²) in [6, 6.07) is 11.8. The van der Waals surface area contributed by atoms with Gasteiger partial charge < -0.3 is 15.2 Å². The topological polar surface area (TPSA) is 75.6 Å². The zero-order valence-corrected chi connectivity index (χ0v) is 14.4. The fraction of sp³-hybridized carbons (Fsp3) is 0.222. The second-order valence-corrected chi connectivity index (χ2v) is 6.26. The van der Waals surface area contributed by atoms with Gasteiger partial charge in [0.1, 0.15) is 5.56 Å². The summed E-state index contributed by atoms with van der Waals surface area (Å²) in [5, 5.41) is 12.7. The molecular formula is C18H19NO4S. The highest BCUT2D eigenvalue weighted by atomic mass is 32.2. The minimum Gasteiger partial charge on any atom is -0.505 e. The Morgan fingerprint density at radius 3 is 2.50 bits per heavy atom. The number of esters is 1. The van der Waals surface area contributed by atoms with Crippen LogP contribution in [0.15, 0.2) is 42.5 Å². The number of aromatic hydroxyl groups is 1. The van der Waals surface area contributed by atoms with Crippen molar-refractivity contribution < 1.29 is 19.4 Å². The van der Waals surface area contributed by atoms with Crippen LogP contribution in [0.4, 0.5) is 5.69 Å². The van der Waals surface area contributed by atoms with E-state index in [1.54, 1.807) is 18.2 Å². The normalized spacial score (nSPS) is 10.2. The lowest BCUT2D eigenvalue weighted by Crippen LogP contribution is -2.13. The third-order valence-electron chi connectivity index (χ3n) is 3.38. The molecule has 0 unspecified atom stereocenters. The number of para-hydroxylation sites is 1. The molecule has 0 saturated carbocycles. The van der Waals surface area contributed by atoms with Crippen molar-refractivity contribution in [3.8, 4) is 5.75 Å². The predicted molar refractivity (Wildman–Crippen MR) is 95.7 cm³/mol. The number of phenolic OH excluding ortho intramolecular Hbond substituents is 1. The van der Waals surface area contributed by atoms with Crippen LogP contribution < -0.4 is 5.32 Å². The molecule has 2 aromatic rings. The molecule has 0 aliphatic heterocycles. The Morgan fingerprint density at radius 2 is 1.88 bits per heavy atom. The fourth-order valence-corrected chi connectivity index (χ4v) is 2.72. The van der Waals surface area contributed by atoms with Crippen LogP contribution in [-0.4, -0.2) is 29.8 Å². The molecular weight excluding hydrogens is 326 g/mol. The molecule has 0 radical (unpaired) electrons. The van der Waals surface area contributed by atoms with E-state index >= 15 is 0 Å². The molecule has 2 aromatic carbocycles. The van der Waals surface area contributed by atoms with Crippen molar-refractivity contribution >= 4 is 29.3 Å². The van der Waals surface area contributed by atoms with Crippen LogP contribution in [0.25, 0.3) is 0 Å². The molecule has 0 fully saturated rings. The van der Waals surface area contributed by atoms with Gasteiger partial charge in [-0.15, -0.1) is 0 Å². The number of amides is 1. The lowest BCUT2D eigenvalue weighted by atomic mass is 10.1. The number of carbonyl (C=O) groups excluding carboxylic acids is 2. The maximum atomic E-state index is 12.3. The highest BCUT2D eigenvalue weighted by molar-refractivity contribution is 7.98. The van der Waals surface area contributed by atoms with Gasteiger partial charge in [0, 0.05) is 11.3 Å². The van der Waals surface area contributed by atoms with Gasteiger partial charge in [0.15, 0.2) is 5.75 Å². The molecule has 6 heteroatoms. The van der Waals surface area contributed by atoms with Crippen LogP contribution in [0.1, 0.15) is 33.2 Å². The zero-order valence-electron chi connectivity index (χ0n) is 13.5. The standard InChI is InChI=1S/C18H19NO4S/c1-3-24-11-12-7-9-13(10-8-12)17(21)19-15-6-4-5-14(16(15)20)18(22)23-2/h4-10,20H,3,11H2,1-2H3,(H,19,21). The molecule has 0 aliphatic rings. The molecule has 24 heavy (non-hydrogen) atoms. The van der Waals surface area contributed by atoms with Gasteiger partial charge in [-0.3, -0.25) is 4.79 Å². The van der Waals surface area contributed by atoms with Crippen molar-refractivity contribution in [2.24, 2.45) is 0 Å². The number of phenols is 1. The summed E-state index contributed by atoms with van der Waals surface area (Å²) in [7, 11) is 1.23. The summed E-state index contributed by atoms with van der Waals surface area (Å²) >= 11 is 1.81. The molecule has 1 amide bonds. The lowest BCUT2D eigenvalue weighted by Gasteiger charge is -2.10. The number of anilines is 1. The summed E-state index contributed by atoms with van der Waals surface area (Å²) in [4.78, 5) is 23.9. The number of carbonyl (C=O) groups is 2. The van der Waals surface area contributed by atoms with Gasteiger partial charge in [-0.05, 0) is 35.6 Å². The van der Waals surface area contributed by atoms with Crippen molar-refractivity contribution in [2.45, 2.75) is 12.7 Å². The molecule has 0 saturated heterocycles. The lowest BCUT2D eigenvalue weighted by molar-refractivity contribution is 0.0597. The molecule has 0 heterocycles. The van der Waals surface area contributed by atoms with Crippen molar-refractivity contribution in [3.63, 3.8) is 0 Å². The third kappa shape index (κ3) is 4.29. The first-order valence-corrected chi connectivity index (χ1v) is 8.60. The van der Waals surface area contributed by atoms with Gasteiger partial charge in [0.25, 0.3) is 5.91 Å². The van der Waals surface area contributed by atoms with Crippen molar-refractivity contribution in [3.05, 3.63) is 59.2 Å². The molecule has 2 N–H and O–H groups in total. The number of ether oxygens (including phenoxy) is 1. The molecule has 2 rings (SSSR count). The fourth-order valence-electron chi connectivity index (χ4n) is 2.09. The van der Waals surface area contributed by atoms with Crippen molar-refractivity contribution in [1.29, 1.82) is 0 Å². The van der Waals surface area contributed by atoms with E-state index in [0.29, 0.717) is 5.56 Å². The minimum absolute atomic E-state index is 0.00207. The summed E-state index contributed by atoms with van der Waals surface area (Å²) in [6.07, 6.45) is 0. The Kier molecular flexibility index (Phi) is 6.26. The number of nitrogens with one attached hydrogen (secondary N) is 1. The first kappa shape index (κ1) is 17.9. The Morgan fingerprint density at radius 1 is 1.17 bits per heavy atom. The Balaban J connectivity index is 2.13. The second kappa shape index (κ2) is 8.40. The van der Waals surface area contributed by atoms with Crippen LogP contribution in [0, 0.1) is 0 Å². The van der Waals surface area contributed by atoms with E-state index < -0.39 is 5.97 Å². The van der Waals surface area contributed by atoms with Crippen LogP contribution in [0.5, 0.6) is 5.75 Å². The highest BCUT2D eigenvalue weighted by Gasteiger charge is 2.16. The summed E-state index contributed by atoms with van der Waals surface area (Å²) < 4.78 is 4.59. The van der Waals surface area contributed by atoms with Crippen LogP contribution in [0.3, 0.4) is 0 Å². The molecule has 0 bridgehead atoms. The van der Waals surface area contributed by atoms with Crippen LogP contribution in [0.2, 0.25) is 0 Å². The summed E-state index contributed by atoms with van der Waals surface area (Å²) in [6.45, 7) is 2.10. The second-order valence-electron chi connectivity index (χ2n) is 4.98. The number of rotatable bonds is 6. The molecule has 0 aromatic heterocycles. The maximum absolute atomic E-state index is 12.3. The smallest absolute Gasteiger partial charge is 0.341 e. The molecule has 126 valence electrons. The number of benzene rings is 2. The monoisotopic (exact) mass is 345 g/mol. The largest absolute Gasteiger partial charge is 0.505 e. The van der Waals surface area contributed by atoms with E-state index in [1.165, 1.54) is 19.2 Å². The van der Waals surface area contributed by atoms with E-state index in [4.69, 9.17) is 0 Å². The van der Waals surface area contributed by atoms with Gasteiger partial charge in [-0.2, -0.15) is 11.8 Å². The molecule has 5 nitrogen and oxygen atoms in total. The van der Waals surface area contributed by atoms with Crippen LogP contribution in [-0.2, 0) is 10.5 Å². The average Bonchev–Trinajstić information content (AvgIpc) is 2.61. The Labute approximate surface area is 145 Å². The SMILES string of the molecule is CCSCc1ccc(C(=O)Nc2cccc(C(=O)OC)c2O)cc1. The van der Waals surface area contributed by atoms with Crippen LogP contribution >= 0.6 is 11.8 Å². The first-order valence-electron chi connectivity index (χ1n) is 7.45. The van der Waals surface area contributed by atoms with Gasteiger partial charge in [-0.25, -0.2) is 4.79 Å². The minimum atomic E-state index is -0.665. The predicted octanol–water partition coefficient (Wildman–Crippen LogP) is 3.68. The van der Waals surface area contributed by atoms with Crippen molar-refractivity contribution in [2.75, 3.05) is 18.2 Å². The zero-order chi connectivity index (χ0) is 17.5. The first-order chi connectivity index (χ1) is 11.6. The highest BCUT2D eigenvalue weighted by Crippen LogP contribution is 2.28. The number of hydrogen-bond donors (Lipinski definition) is 2. The number of thioether (sulfide) groups is 1. The van der Waals surface area contributed by atoms with E-state index in [0.717, 1.165) is 17.1 Å². The van der Waals surface area contributed by atoms with Gasteiger partial charge in [0.2, 0.25) is 0 Å². The van der Waals surface area contributed by atoms with Gasteiger partial charge in [-0.1, -0.05) is 25.1 Å². The van der Waals surface area contributed by atoms with Gasteiger partial charge in [0.05, 0.1) is 12.8 Å². The number of methoxy groups -OCH3 is 1. The van der Waals surface area contributed by atoms with Crippen molar-refractivity contribution in [1.82, 2.24) is 0 Å². The van der Waals surface area contributed by atoms with E-state index in [2.05, 4.69) is 17.0 Å². The third-order valence-corrected chi connectivity index (χ3v) is 4.32. The van der Waals surface area contributed by atoms with E-state index in [1.807, 2.05) is 23.9 Å². The Hall–Kier alpha value is -2.47. The number of hydrogen-bond acceptors (Lipinski definition) is 5. The van der Waals surface area contributed by atoms with Gasteiger partial charge >= 0.3 is 5.97 Å². The Bertz CT molecular complexity index is 728. The van der Waals surface area contributed by atoms with E-state index in [9.17, 15) is 14.7 Å². The average molecular weight is 345 g/mol. The molecule has 0 aliphatic carbocycles. The quantitative estimate of drug-likeness (QED) is 0.617. The molecule has 0 spiro atoms. The maximum Gasteiger partial charge on any atom is 0.341 e. The summed E-state index contributed by atoms with van der Waals surface area (Å²) in [5.74, 6) is 0.607. The van der Waals surface area contributed by atoms with E-state index in [-0.39, 0.29) is 22.9 Å².